The molecule has 0 bridgehead atoms. The van der Waals surface area contributed by atoms with Gasteiger partial charge < -0.3 is 10.2 Å². The highest BCUT2D eigenvalue weighted by atomic mass is 16.7. The fraction of sp³-hybridized carbons (Fsp3) is 0.333. The van der Waals surface area contributed by atoms with E-state index in [1.807, 2.05) is 0 Å². The van der Waals surface area contributed by atoms with Crippen LogP contribution < -0.4 is 0 Å². The number of carboxylic acid groups (broad SMARTS) is 1. The molecule has 0 aliphatic carbocycles. The molecule has 0 spiro atoms. The van der Waals surface area contributed by atoms with Crippen LogP contribution in [0.3, 0.4) is 0 Å². The molecule has 1 aliphatic heterocycles. The maximum absolute atomic E-state index is 12.1. The normalized spacial score (nSPS) is 23.1. The van der Waals surface area contributed by atoms with Gasteiger partial charge in [0.1, 0.15) is 12.2 Å². The van der Waals surface area contributed by atoms with Crippen molar-refractivity contribution in [2.24, 2.45) is 0 Å². The quantitative estimate of drug-likeness (QED) is 0.800. The number of amides is 1. The molecule has 6 nitrogen and oxygen atoms in total. The van der Waals surface area contributed by atoms with Crippen molar-refractivity contribution in [2.45, 2.75) is 12.5 Å². The third-order valence-corrected chi connectivity index (χ3v) is 2.63. The Bertz CT molecular complexity index is 497. The standard InChI is InChI=1S/C12H13NO5/c1-12(17)6-13(18-7-12)10(14)8-4-2-3-5-9(8)11(15)16/h2-5,17H,6-7H2,1H3,(H,15,16)/t12-/m0/s1. The molecule has 2 N–H and O–H groups in total. The first-order chi connectivity index (χ1) is 8.41. The van der Waals surface area contributed by atoms with Gasteiger partial charge in [-0.1, -0.05) is 12.1 Å². The van der Waals surface area contributed by atoms with Crippen molar-refractivity contribution < 1.29 is 24.6 Å². The van der Waals surface area contributed by atoms with Crippen LogP contribution in [0, 0.1) is 0 Å². The highest BCUT2D eigenvalue weighted by Gasteiger charge is 2.37. The summed E-state index contributed by atoms with van der Waals surface area (Å²) in [5.74, 6) is -1.74. The summed E-state index contributed by atoms with van der Waals surface area (Å²) < 4.78 is 0. The molecule has 2 rings (SSSR count). The van der Waals surface area contributed by atoms with E-state index in [1.54, 1.807) is 19.1 Å². The lowest BCUT2D eigenvalue weighted by Crippen LogP contribution is -2.34. The first-order valence-electron chi connectivity index (χ1n) is 5.40. The van der Waals surface area contributed by atoms with Gasteiger partial charge in [-0.05, 0) is 19.1 Å². The predicted molar refractivity (Wildman–Crippen MR) is 61.0 cm³/mol. The lowest BCUT2D eigenvalue weighted by Gasteiger charge is -2.16. The largest absolute Gasteiger partial charge is 0.478 e. The Morgan fingerprint density at radius 1 is 1.33 bits per heavy atom. The minimum Gasteiger partial charge on any atom is -0.478 e. The molecule has 1 fully saturated rings. The number of carbonyl (C=O) groups excluding carboxylic acids is 1. The number of aromatic carboxylic acids is 1. The topological polar surface area (TPSA) is 87.1 Å². The van der Waals surface area contributed by atoms with Crippen LogP contribution in [0.15, 0.2) is 24.3 Å². The summed E-state index contributed by atoms with van der Waals surface area (Å²) >= 11 is 0. The Morgan fingerprint density at radius 2 is 1.94 bits per heavy atom. The molecule has 1 saturated heterocycles. The number of β-amino-alcohol motifs (C(OH)–C–C–N with tert-alkyl or cyclic N) is 1. The van der Waals surface area contributed by atoms with E-state index in [0.29, 0.717) is 0 Å². The first kappa shape index (κ1) is 12.5. The van der Waals surface area contributed by atoms with Crippen molar-refractivity contribution in [2.75, 3.05) is 13.2 Å². The third kappa shape index (κ3) is 2.34. The van der Waals surface area contributed by atoms with Gasteiger partial charge in [0.05, 0.1) is 17.7 Å². The Morgan fingerprint density at radius 3 is 2.44 bits per heavy atom. The number of aliphatic hydroxyl groups is 1. The van der Waals surface area contributed by atoms with E-state index in [9.17, 15) is 14.7 Å². The number of benzene rings is 1. The van der Waals surface area contributed by atoms with Gasteiger partial charge in [-0.25, -0.2) is 9.86 Å². The summed E-state index contributed by atoms with van der Waals surface area (Å²) in [6.07, 6.45) is 0. The number of hydroxylamine groups is 2. The molecule has 0 saturated carbocycles. The zero-order valence-corrected chi connectivity index (χ0v) is 9.79. The molecule has 1 heterocycles. The Hall–Kier alpha value is -1.92. The summed E-state index contributed by atoms with van der Waals surface area (Å²) in [6, 6.07) is 5.89. The van der Waals surface area contributed by atoms with Gasteiger partial charge in [0.2, 0.25) is 0 Å². The molecule has 1 atom stereocenters. The predicted octanol–water partition coefficient (Wildman–Crippen LogP) is 0.523. The van der Waals surface area contributed by atoms with Crippen molar-refractivity contribution in [1.82, 2.24) is 5.06 Å². The molecule has 0 radical (unpaired) electrons. The average molecular weight is 251 g/mol. The second kappa shape index (κ2) is 4.40. The lowest BCUT2D eigenvalue weighted by atomic mass is 10.1. The van der Waals surface area contributed by atoms with Crippen LogP contribution in [0.2, 0.25) is 0 Å². The van der Waals surface area contributed by atoms with Crippen LogP contribution in [0.4, 0.5) is 0 Å². The lowest BCUT2D eigenvalue weighted by molar-refractivity contribution is -0.0798. The van der Waals surface area contributed by atoms with Crippen LogP contribution >= 0.6 is 0 Å². The van der Waals surface area contributed by atoms with Gasteiger partial charge in [-0.2, -0.15) is 0 Å². The van der Waals surface area contributed by atoms with E-state index in [1.165, 1.54) is 12.1 Å². The molecule has 0 aromatic heterocycles. The fourth-order valence-electron chi connectivity index (χ4n) is 1.74. The molecule has 1 aliphatic rings. The average Bonchev–Trinajstić information content (AvgIpc) is 2.68. The first-order valence-corrected chi connectivity index (χ1v) is 5.40. The molecule has 96 valence electrons. The van der Waals surface area contributed by atoms with E-state index in [0.717, 1.165) is 5.06 Å². The van der Waals surface area contributed by atoms with Gasteiger partial charge >= 0.3 is 5.97 Å². The molecule has 18 heavy (non-hydrogen) atoms. The molecule has 6 heteroatoms. The van der Waals surface area contributed by atoms with Gasteiger partial charge in [-0.15, -0.1) is 0 Å². The van der Waals surface area contributed by atoms with Crippen LogP contribution in [-0.2, 0) is 4.84 Å². The third-order valence-electron chi connectivity index (χ3n) is 2.63. The fourth-order valence-corrected chi connectivity index (χ4v) is 1.74. The van der Waals surface area contributed by atoms with Gasteiger partial charge in [-0.3, -0.25) is 9.63 Å². The zero-order valence-electron chi connectivity index (χ0n) is 9.79. The Balaban J connectivity index is 2.27. The molecule has 1 amide bonds. The number of hydrogen-bond acceptors (Lipinski definition) is 4. The van der Waals surface area contributed by atoms with Gasteiger partial charge in [0, 0.05) is 0 Å². The van der Waals surface area contributed by atoms with E-state index >= 15 is 0 Å². The van der Waals surface area contributed by atoms with Crippen molar-refractivity contribution in [3.63, 3.8) is 0 Å². The highest BCUT2D eigenvalue weighted by Crippen LogP contribution is 2.20. The summed E-state index contributed by atoms with van der Waals surface area (Å²) in [7, 11) is 0. The van der Waals surface area contributed by atoms with Crippen LogP contribution in [0.25, 0.3) is 0 Å². The number of rotatable bonds is 2. The van der Waals surface area contributed by atoms with Crippen molar-refractivity contribution in [3.8, 4) is 0 Å². The monoisotopic (exact) mass is 251 g/mol. The summed E-state index contributed by atoms with van der Waals surface area (Å²) in [5, 5.41) is 19.7. The van der Waals surface area contributed by atoms with Crippen molar-refractivity contribution in [3.05, 3.63) is 35.4 Å². The van der Waals surface area contributed by atoms with Crippen LogP contribution in [0.5, 0.6) is 0 Å². The summed E-state index contributed by atoms with van der Waals surface area (Å²) in [5.41, 5.74) is -1.14. The van der Waals surface area contributed by atoms with E-state index in [-0.39, 0.29) is 24.3 Å². The van der Waals surface area contributed by atoms with E-state index < -0.39 is 17.5 Å². The molecule has 0 unspecified atom stereocenters. The molecular weight excluding hydrogens is 238 g/mol. The van der Waals surface area contributed by atoms with Crippen LogP contribution in [0.1, 0.15) is 27.6 Å². The number of nitrogens with zero attached hydrogens (tertiary/aromatic N) is 1. The number of carboxylic acids is 1. The highest BCUT2D eigenvalue weighted by molar-refractivity contribution is 6.04. The van der Waals surface area contributed by atoms with E-state index in [2.05, 4.69) is 0 Å². The molecular formula is C12H13NO5. The minimum atomic E-state index is -1.18. The zero-order chi connectivity index (χ0) is 13.3. The Labute approximate surface area is 103 Å². The van der Waals surface area contributed by atoms with Crippen molar-refractivity contribution in [1.29, 1.82) is 0 Å². The number of carbonyl (C=O) groups is 2. The minimum absolute atomic E-state index is 0.00792. The molecule has 1 aromatic carbocycles. The Kier molecular flexibility index (Phi) is 3.06. The van der Waals surface area contributed by atoms with Crippen molar-refractivity contribution >= 4 is 11.9 Å². The molecule has 1 aromatic rings. The smallest absolute Gasteiger partial charge is 0.336 e. The second-order valence-corrected chi connectivity index (χ2v) is 4.46. The maximum Gasteiger partial charge on any atom is 0.336 e. The SMILES string of the molecule is C[C@@]1(O)CON(C(=O)c2ccccc2C(=O)O)C1. The second-order valence-electron chi connectivity index (χ2n) is 4.46. The number of hydrogen-bond donors (Lipinski definition) is 2. The van der Waals surface area contributed by atoms with E-state index in [4.69, 9.17) is 9.94 Å². The maximum atomic E-state index is 12.1. The summed E-state index contributed by atoms with van der Waals surface area (Å²) in [6.45, 7) is 1.57. The van der Waals surface area contributed by atoms with Gasteiger partial charge in [0.15, 0.2) is 0 Å². The van der Waals surface area contributed by atoms with Gasteiger partial charge in [0.25, 0.3) is 5.91 Å². The summed E-state index contributed by atoms with van der Waals surface area (Å²) in [4.78, 5) is 28.2. The van der Waals surface area contributed by atoms with Crippen LogP contribution in [-0.4, -0.2) is 45.9 Å².